The van der Waals surface area contributed by atoms with Gasteiger partial charge in [-0.2, -0.15) is 0 Å². The minimum atomic E-state index is -0.872. The Hall–Kier alpha value is -1.16. The van der Waals surface area contributed by atoms with Crippen molar-refractivity contribution < 1.29 is 8.78 Å². The summed E-state index contributed by atoms with van der Waals surface area (Å²) in [7, 11) is 0. The minimum absolute atomic E-state index is 0.135. The molecule has 0 heterocycles. The van der Waals surface area contributed by atoms with Gasteiger partial charge in [-0.05, 0) is 48.4 Å². The van der Waals surface area contributed by atoms with Gasteiger partial charge in [-0.1, -0.05) is 35.3 Å². The second-order valence-corrected chi connectivity index (χ2v) is 5.39. The summed E-state index contributed by atoms with van der Waals surface area (Å²) < 4.78 is 26.2. The van der Waals surface area contributed by atoms with Crippen molar-refractivity contribution in [3.8, 4) is 0 Å². The first-order valence-corrected chi connectivity index (χ1v) is 6.85. The van der Waals surface area contributed by atoms with Crippen molar-refractivity contribution in [1.29, 1.82) is 0 Å². The summed E-state index contributed by atoms with van der Waals surface area (Å²) in [6.07, 6.45) is 0.539. The van der Waals surface area contributed by atoms with Gasteiger partial charge in [-0.25, -0.2) is 8.78 Å². The van der Waals surface area contributed by atoms with Crippen LogP contribution < -0.4 is 5.73 Å². The van der Waals surface area contributed by atoms with Crippen LogP contribution in [-0.4, -0.2) is 6.54 Å². The normalized spacial score (nSPS) is 12.4. The van der Waals surface area contributed by atoms with Crippen molar-refractivity contribution in [2.75, 3.05) is 6.54 Å². The van der Waals surface area contributed by atoms with E-state index in [9.17, 15) is 8.78 Å². The molecule has 0 aromatic heterocycles. The van der Waals surface area contributed by atoms with Crippen LogP contribution in [0.1, 0.15) is 17.0 Å². The van der Waals surface area contributed by atoms with E-state index < -0.39 is 11.6 Å². The zero-order valence-electron chi connectivity index (χ0n) is 10.5. The van der Waals surface area contributed by atoms with Gasteiger partial charge in [-0.15, -0.1) is 0 Å². The molecule has 2 rings (SSSR count). The van der Waals surface area contributed by atoms with Crippen LogP contribution in [0.5, 0.6) is 0 Å². The number of hydrogen-bond acceptors (Lipinski definition) is 1. The maximum Gasteiger partial charge on any atom is 0.159 e. The van der Waals surface area contributed by atoms with Gasteiger partial charge in [0, 0.05) is 16.0 Å². The third kappa shape index (κ3) is 3.48. The predicted molar refractivity (Wildman–Crippen MR) is 78.3 cm³/mol. The van der Waals surface area contributed by atoms with Gasteiger partial charge in [0.15, 0.2) is 11.6 Å². The van der Waals surface area contributed by atoms with E-state index in [1.807, 2.05) is 6.07 Å². The molecular weight excluding hydrogens is 303 g/mol. The molecule has 2 aromatic rings. The molecule has 1 unspecified atom stereocenters. The number of benzene rings is 2. The van der Waals surface area contributed by atoms with Gasteiger partial charge in [-0.3, -0.25) is 0 Å². The first-order chi connectivity index (χ1) is 9.51. The van der Waals surface area contributed by atoms with Crippen molar-refractivity contribution >= 4 is 23.2 Å². The van der Waals surface area contributed by atoms with Crippen LogP contribution >= 0.6 is 23.2 Å². The maximum atomic E-state index is 13.3. The van der Waals surface area contributed by atoms with E-state index in [0.717, 1.165) is 11.6 Å². The fraction of sp³-hybridized carbons (Fsp3) is 0.200. The van der Waals surface area contributed by atoms with Crippen molar-refractivity contribution in [3.05, 3.63) is 69.2 Å². The highest BCUT2D eigenvalue weighted by molar-refractivity contribution is 6.35. The summed E-state index contributed by atoms with van der Waals surface area (Å²) in [5, 5.41) is 1.09. The molecule has 0 aliphatic heterocycles. The van der Waals surface area contributed by atoms with Gasteiger partial charge in [0.1, 0.15) is 0 Å². The second kappa shape index (κ2) is 6.53. The van der Waals surface area contributed by atoms with Crippen LogP contribution in [0.3, 0.4) is 0 Å². The molecule has 0 spiro atoms. The quantitative estimate of drug-likeness (QED) is 0.879. The Morgan fingerprint density at radius 2 is 1.75 bits per heavy atom. The van der Waals surface area contributed by atoms with E-state index in [0.29, 0.717) is 28.6 Å². The first kappa shape index (κ1) is 15.2. The molecule has 5 heteroatoms. The summed E-state index contributed by atoms with van der Waals surface area (Å²) in [6.45, 7) is 0.310. The van der Waals surface area contributed by atoms with Crippen molar-refractivity contribution in [2.24, 2.45) is 5.73 Å². The lowest BCUT2D eigenvalue weighted by atomic mass is 9.92. The fourth-order valence-electron chi connectivity index (χ4n) is 2.06. The zero-order chi connectivity index (χ0) is 14.7. The average Bonchev–Trinajstić information content (AvgIpc) is 2.41. The largest absolute Gasteiger partial charge is 0.330 e. The highest BCUT2D eigenvalue weighted by atomic mass is 35.5. The Bertz CT molecular complexity index is 617. The standard InChI is InChI=1S/C15H13Cl2F2N/c16-12-3-1-10(13(17)7-12)5-11(8-20)9-2-4-14(18)15(19)6-9/h1-4,6-7,11H,5,8,20H2. The van der Waals surface area contributed by atoms with Crippen LogP contribution in [-0.2, 0) is 6.42 Å². The van der Waals surface area contributed by atoms with E-state index in [-0.39, 0.29) is 5.92 Å². The van der Waals surface area contributed by atoms with Crippen molar-refractivity contribution in [3.63, 3.8) is 0 Å². The van der Waals surface area contributed by atoms with E-state index in [4.69, 9.17) is 28.9 Å². The van der Waals surface area contributed by atoms with Crippen LogP contribution in [0.4, 0.5) is 8.78 Å². The minimum Gasteiger partial charge on any atom is -0.330 e. The summed E-state index contributed by atoms with van der Waals surface area (Å²) in [5.74, 6) is -1.87. The highest BCUT2D eigenvalue weighted by Crippen LogP contribution is 2.27. The van der Waals surface area contributed by atoms with Crippen LogP contribution in [0, 0.1) is 11.6 Å². The Kier molecular flexibility index (Phi) is 4.97. The number of nitrogens with two attached hydrogens (primary N) is 1. The topological polar surface area (TPSA) is 26.0 Å². The lowest BCUT2D eigenvalue weighted by Crippen LogP contribution is -2.15. The van der Waals surface area contributed by atoms with Gasteiger partial charge in [0.2, 0.25) is 0 Å². The molecule has 2 aromatic carbocycles. The molecule has 20 heavy (non-hydrogen) atoms. The highest BCUT2D eigenvalue weighted by Gasteiger charge is 2.15. The Morgan fingerprint density at radius 1 is 1.00 bits per heavy atom. The molecule has 1 atom stereocenters. The maximum absolute atomic E-state index is 13.3. The SMILES string of the molecule is NCC(Cc1ccc(Cl)cc1Cl)c1ccc(F)c(F)c1. The summed E-state index contributed by atoms with van der Waals surface area (Å²) in [4.78, 5) is 0. The molecule has 0 aliphatic carbocycles. The third-order valence-electron chi connectivity index (χ3n) is 3.18. The van der Waals surface area contributed by atoms with E-state index in [2.05, 4.69) is 0 Å². The predicted octanol–water partition coefficient (Wildman–Crippen LogP) is 4.56. The summed E-state index contributed by atoms with van der Waals surface area (Å²) >= 11 is 12.0. The molecule has 0 saturated heterocycles. The van der Waals surface area contributed by atoms with Crippen molar-refractivity contribution in [1.82, 2.24) is 0 Å². The number of halogens is 4. The van der Waals surface area contributed by atoms with E-state index in [1.54, 1.807) is 18.2 Å². The van der Waals surface area contributed by atoms with Crippen molar-refractivity contribution in [2.45, 2.75) is 12.3 Å². The molecule has 0 amide bonds. The van der Waals surface area contributed by atoms with E-state index in [1.165, 1.54) is 6.07 Å². The van der Waals surface area contributed by atoms with Gasteiger partial charge >= 0.3 is 0 Å². The molecular formula is C15H13Cl2F2N. The monoisotopic (exact) mass is 315 g/mol. The zero-order valence-corrected chi connectivity index (χ0v) is 12.1. The van der Waals surface area contributed by atoms with Gasteiger partial charge < -0.3 is 5.73 Å². The molecule has 0 saturated carbocycles. The average molecular weight is 316 g/mol. The summed E-state index contributed by atoms with van der Waals surface area (Å²) in [5.41, 5.74) is 7.26. The molecule has 0 fully saturated rings. The van der Waals surface area contributed by atoms with Gasteiger partial charge in [0.05, 0.1) is 0 Å². The number of hydrogen-bond donors (Lipinski definition) is 1. The first-order valence-electron chi connectivity index (χ1n) is 6.10. The lowest BCUT2D eigenvalue weighted by molar-refractivity contribution is 0.505. The summed E-state index contributed by atoms with van der Waals surface area (Å²) in [6, 6.07) is 9.03. The molecule has 2 N–H and O–H groups in total. The van der Waals surface area contributed by atoms with Crippen LogP contribution in [0.2, 0.25) is 10.0 Å². The Balaban J connectivity index is 2.26. The molecule has 0 aliphatic rings. The smallest absolute Gasteiger partial charge is 0.159 e. The van der Waals surface area contributed by atoms with E-state index >= 15 is 0 Å². The Labute approximate surface area is 126 Å². The molecule has 106 valence electrons. The second-order valence-electron chi connectivity index (χ2n) is 4.55. The molecule has 0 bridgehead atoms. The van der Waals surface area contributed by atoms with Gasteiger partial charge in [0.25, 0.3) is 0 Å². The van der Waals surface area contributed by atoms with Crippen LogP contribution in [0.25, 0.3) is 0 Å². The Morgan fingerprint density at radius 3 is 2.35 bits per heavy atom. The van der Waals surface area contributed by atoms with Crippen LogP contribution in [0.15, 0.2) is 36.4 Å². The number of rotatable bonds is 4. The lowest BCUT2D eigenvalue weighted by Gasteiger charge is -2.16. The molecule has 0 radical (unpaired) electrons. The third-order valence-corrected chi connectivity index (χ3v) is 3.77. The molecule has 1 nitrogen and oxygen atoms in total. The fourth-order valence-corrected chi connectivity index (χ4v) is 2.54.